The molecule has 0 aliphatic heterocycles. The van der Waals surface area contributed by atoms with Crippen molar-refractivity contribution in [1.29, 1.82) is 0 Å². The average molecular weight is 177 g/mol. The Bertz CT molecular complexity index is 152. The van der Waals surface area contributed by atoms with Gasteiger partial charge in [-0.25, -0.2) is 0 Å². The molecule has 1 atom stereocenters. The Kier molecular flexibility index (Phi) is 4.95. The fourth-order valence-corrected chi connectivity index (χ4v) is 0.959. The highest BCUT2D eigenvalue weighted by Crippen LogP contribution is 2.15. The van der Waals surface area contributed by atoms with Crippen molar-refractivity contribution in [2.75, 3.05) is 0 Å². The summed E-state index contributed by atoms with van der Waals surface area (Å²) in [5, 5.41) is 8.69. The average Bonchev–Trinajstić information content (AvgIpc) is 1.87. The minimum absolute atomic E-state index is 0.153. The van der Waals surface area contributed by atoms with Crippen LogP contribution in [0.1, 0.15) is 20.3 Å². The van der Waals surface area contributed by atoms with E-state index in [0.29, 0.717) is 6.42 Å². The van der Waals surface area contributed by atoms with Crippen LogP contribution in [0.4, 0.5) is 0 Å². The normalized spacial score (nSPS) is 14.2. The smallest absolute Gasteiger partial charge is 0.307 e. The van der Waals surface area contributed by atoms with Crippen molar-refractivity contribution in [3.63, 3.8) is 0 Å². The molecule has 0 aliphatic rings. The van der Waals surface area contributed by atoms with E-state index in [-0.39, 0.29) is 11.8 Å². The third-order valence-electron chi connectivity index (χ3n) is 1.60. The summed E-state index contributed by atoms with van der Waals surface area (Å²) in [6.45, 7) is 3.78. The zero-order valence-corrected chi connectivity index (χ0v) is 7.51. The van der Waals surface area contributed by atoms with Crippen LogP contribution in [0.5, 0.6) is 0 Å². The lowest BCUT2D eigenvalue weighted by molar-refractivity contribution is -0.143. The van der Waals surface area contributed by atoms with Crippen LogP contribution in [-0.2, 0) is 4.79 Å². The van der Waals surface area contributed by atoms with Crippen molar-refractivity contribution in [2.24, 2.45) is 11.8 Å². The standard InChI is InChI=1S/C8H13ClO2/c1-6(2)7(8(10)11)4-3-5-9/h3,5-7H,4H2,1-2H3,(H,10,11)/b5-3-. The summed E-state index contributed by atoms with van der Waals surface area (Å²) in [5.41, 5.74) is 1.36. The van der Waals surface area contributed by atoms with E-state index in [0.717, 1.165) is 0 Å². The molecule has 0 aromatic heterocycles. The molecule has 0 aliphatic carbocycles. The summed E-state index contributed by atoms with van der Waals surface area (Å²) >= 11 is 5.28. The second-order valence-electron chi connectivity index (χ2n) is 2.79. The molecule has 0 rings (SSSR count). The van der Waals surface area contributed by atoms with Gasteiger partial charge in [0.05, 0.1) is 5.92 Å². The molecule has 0 heterocycles. The van der Waals surface area contributed by atoms with Crippen molar-refractivity contribution < 1.29 is 9.90 Å². The molecule has 0 saturated carbocycles. The Labute approximate surface area is 71.9 Å². The molecule has 64 valence electrons. The molecule has 2 nitrogen and oxygen atoms in total. The molecule has 0 aromatic rings. The molecular weight excluding hydrogens is 164 g/mol. The Hall–Kier alpha value is -0.500. The van der Waals surface area contributed by atoms with Crippen molar-refractivity contribution in [3.05, 3.63) is 11.6 Å². The first kappa shape index (κ1) is 10.5. The van der Waals surface area contributed by atoms with Crippen LogP contribution in [-0.4, -0.2) is 11.1 Å². The SMILES string of the molecule is CC(C)C(C/C=C\Cl)C(=O)O. The zero-order chi connectivity index (χ0) is 8.85. The quantitative estimate of drug-likeness (QED) is 0.715. The molecule has 0 spiro atoms. The van der Waals surface area contributed by atoms with Crippen LogP contribution >= 0.6 is 11.6 Å². The lowest BCUT2D eigenvalue weighted by atomic mass is 9.93. The van der Waals surface area contributed by atoms with Crippen molar-refractivity contribution in [1.82, 2.24) is 0 Å². The number of hydrogen-bond donors (Lipinski definition) is 1. The van der Waals surface area contributed by atoms with Gasteiger partial charge in [-0.15, -0.1) is 0 Å². The fourth-order valence-electron chi connectivity index (χ4n) is 0.856. The van der Waals surface area contributed by atoms with Gasteiger partial charge in [-0.3, -0.25) is 4.79 Å². The summed E-state index contributed by atoms with van der Waals surface area (Å²) in [7, 11) is 0. The van der Waals surface area contributed by atoms with E-state index in [1.54, 1.807) is 6.08 Å². The first-order chi connectivity index (χ1) is 5.09. The van der Waals surface area contributed by atoms with Gasteiger partial charge in [-0.1, -0.05) is 31.5 Å². The lowest BCUT2D eigenvalue weighted by Crippen LogP contribution is -2.18. The van der Waals surface area contributed by atoms with Gasteiger partial charge in [0.15, 0.2) is 0 Å². The molecule has 3 heteroatoms. The van der Waals surface area contributed by atoms with E-state index in [4.69, 9.17) is 16.7 Å². The van der Waals surface area contributed by atoms with Gasteiger partial charge in [-0.2, -0.15) is 0 Å². The summed E-state index contributed by atoms with van der Waals surface area (Å²) in [5.74, 6) is -0.917. The molecular formula is C8H13ClO2. The van der Waals surface area contributed by atoms with Crippen molar-refractivity contribution in [2.45, 2.75) is 20.3 Å². The lowest BCUT2D eigenvalue weighted by Gasteiger charge is -2.12. The molecule has 11 heavy (non-hydrogen) atoms. The molecule has 0 radical (unpaired) electrons. The van der Waals surface area contributed by atoms with Gasteiger partial charge in [0, 0.05) is 5.54 Å². The number of carboxylic acid groups (broad SMARTS) is 1. The van der Waals surface area contributed by atoms with Crippen LogP contribution < -0.4 is 0 Å². The largest absolute Gasteiger partial charge is 0.481 e. The summed E-state index contributed by atoms with van der Waals surface area (Å²) < 4.78 is 0. The molecule has 0 bridgehead atoms. The van der Waals surface area contributed by atoms with Gasteiger partial charge in [0.2, 0.25) is 0 Å². The zero-order valence-electron chi connectivity index (χ0n) is 6.75. The third kappa shape index (κ3) is 4.04. The Balaban J connectivity index is 4.00. The van der Waals surface area contributed by atoms with E-state index < -0.39 is 5.97 Å². The van der Waals surface area contributed by atoms with Gasteiger partial charge in [0.25, 0.3) is 0 Å². The monoisotopic (exact) mass is 176 g/mol. The Morgan fingerprint density at radius 2 is 2.18 bits per heavy atom. The second-order valence-corrected chi connectivity index (χ2v) is 3.04. The maximum Gasteiger partial charge on any atom is 0.307 e. The molecule has 1 N–H and O–H groups in total. The molecule has 0 fully saturated rings. The number of halogens is 1. The van der Waals surface area contributed by atoms with E-state index in [1.807, 2.05) is 13.8 Å². The molecule has 1 unspecified atom stereocenters. The third-order valence-corrected chi connectivity index (χ3v) is 1.78. The van der Waals surface area contributed by atoms with E-state index in [1.165, 1.54) is 5.54 Å². The maximum absolute atomic E-state index is 10.6. The minimum Gasteiger partial charge on any atom is -0.481 e. The predicted molar refractivity (Wildman–Crippen MR) is 45.6 cm³/mol. The summed E-state index contributed by atoms with van der Waals surface area (Å²) in [4.78, 5) is 10.6. The van der Waals surface area contributed by atoms with Crippen LogP contribution in [0, 0.1) is 11.8 Å². The Morgan fingerprint density at radius 1 is 1.64 bits per heavy atom. The molecule has 0 amide bonds. The predicted octanol–water partition coefficient (Wildman–Crippen LogP) is 2.49. The van der Waals surface area contributed by atoms with Gasteiger partial charge < -0.3 is 5.11 Å². The number of rotatable bonds is 4. The van der Waals surface area contributed by atoms with E-state index in [2.05, 4.69) is 0 Å². The van der Waals surface area contributed by atoms with Crippen LogP contribution in [0.3, 0.4) is 0 Å². The van der Waals surface area contributed by atoms with Crippen molar-refractivity contribution in [3.8, 4) is 0 Å². The number of aliphatic carboxylic acids is 1. The topological polar surface area (TPSA) is 37.3 Å². The number of hydrogen-bond acceptors (Lipinski definition) is 1. The van der Waals surface area contributed by atoms with Crippen LogP contribution in [0.2, 0.25) is 0 Å². The molecule has 0 aromatic carbocycles. The first-order valence-electron chi connectivity index (χ1n) is 3.57. The van der Waals surface area contributed by atoms with Gasteiger partial charge in [-0.05, 0) is 12.3 Å². The van der Waals surface area contributed by atoms with Crippen LogP contribution in [0.15, 0.2) is 11.6 Å². The fraction of sp³-hybridized carbons (Fsp3) is 0.625. The van der Waals surface area contributed by atoms with E-state index >= 15 is 0 Å². The summed E-state index contributed by atoms with van der Waals surface area (Å²) in [6, 6.07) is 0. The highest BCUT2D eigenvalue weighted by molar-refractivity contribution is 6.25. The Morgan fingerprint density at radius 3 is 2.45 bits per heavy atom. The second kappa shape index (κ2) is 5.19. The van der Waals surface area contributed by atoms with Gasteiger partial charge >= 0.3 is 5.97 Å². The van der Waals surface area contributed by atoms with Crippen LogP contribution in [0.25, 0.3) is 0 Å². The van der Waals surface area contributed by atoms with E-state index in [9.17, 15) is 4.79 Å². The maximum atomic E-state index is 10.6. The molecule has 0 saturated heterocycles. The highest BCUT2D eigenvalue weighted by atomic mass is 35.5. The number of allylic oxidation sites excluding steroid dienone is 1. The number of carbonyl (C=O) groups is 1. The number of carboxylic acids is 1. The van der Waals surface area contributed by atoms with Gasteiger partial charge in [0.1, 0.15) is 0 Å². The van der Waals surface area contributed by atoms with Crippen molar-refractivity contribution >= 4 is 17.6 Å². The summed E-state index contributed by atoms with van der Waals surface area (Å²) in [6.07, 6.45) is 2.18. The highest BCUT2D eigenvalue weighted by Gasteiger charge is 2.19. The minimum atomic E-state index is -0.755. The first-order valence-corrected chi connectivity index (χ1v) is 4.01.